The van der Waals surface area contributed by atoms with Gasteiger partial charge in [0.2, 0.25) is 0 Å². The average molecular weight is 512 g/mol. The molecule has 0 fully saturated rings. The van der Waals surface area contributed by atoms with E-state index in [1.54, 1.807) is 24.3 Å². The number of hydrogen-bond acceptors (Lipinski definition) is 7. The third-order valence-corrected chi connectivity index (χ3v) is 8.24. The number of esters is 1. The van der Waals surface area contributed by atoms with Crippen molar-refractivity contribution in [3.05, 3.63) is 50.1 Å². The molecule has 170 valence electrons. The summed E-state index contributed by atoms with van der Waals surface area (Å²) in [5, 5.41) is 5.48. The highest BCUT2D eigenvalue weighted by Gasteiger charge is 2.22. The molecular formula is C22H23Cl2N3O3S2. The van der Waals surface area contributed by atoms with Crippen molar-refractivity contribution in [2.75, 3.05) is 17.7 Å². The zero-order valence-electron chi connectivity index (χ0n) is 17.6. The second-order valence-corrected chi connectivity index (χ2v) is 10.9. The molecule has 2 aromatic heterocycles. The number of benzene rings is 1. The van der Waals surface area contributed by atoms with Gasteiger partial charge in [-0.1, -0.05) is 29.3 Å². The number of thiophene rings is 1. The molecule has 10 heteroatoms. The zero-order chi connectivity index (χ0) is 22.7. The number of aryl methyl sites for hydroxylation is 2. The Bertz CT molecular complexity index is 1180. The Hall–Kier alpha value is -1.74. The van der Waals surface area contributed by atoms with Gasteiger partial charge in [0.15, 0.2) is 0 Å². The van der Waals surface area contributed by atoms with Gasteiger partial charge in [-0.2, -0.15) is 0 Å². The number of nitrogens with zero attached hydrogens (tertiary/aromatic N) is 2. The molecule has 1 aliphatic carbocycles. The van der Waals surface area contributed by atoms with Crippen LogP contribution in [0.25, 0.3) is 10.2 Å². The first-order valence-corrected chi connectivity index (χ1v) is 13.5. The molecule has 0 spiro atoms. The maximum absolute atomic E-state index is 12.5. The summed E-state index contributed by atoms with van der Waals surface area (Å²) in [6.07, 6.45) is 4.38. The molecule has 1 aliphatic rings. The summed E-state index contributed by atoms with van der Waals surface area (Å²) >= 11 is 13.9. The molecule has 0 saturated carbocycles. The van der Waals surface area contributed by atoms with Crippen LogP contribution in [0.1, 0.15) is 41.6 Å². The third kappa shape index (κ3) is 5.42. The Kier molecular flexibility index (Phi) is 7.66. The number of aromatic nitrogens is 2. The van der Waals surface area contributed by atoms with Crippen LogP contribution in [0.5, 0.6) is 0 Å². The van der Waals surface area contributed by atoms with E-state index in [0.717, 1.165) is 40.9 Å². The van der Waals surface area contributed by atoms with Gasteiger partial charge in [0.05, 0.1) is 27.8 Å². The maximum Gasteiger partial charge on any atom is 0.318 e. The Morgan fingerprint density at radius 3 is 2.81 bits per heavy atom. The number of rotatable bonds is 8. The van der Waals surface area contributed by atoms with E-state index in [1.807, 2.05) is 12.1 Å². The van der Waals surface area contributed by atoms with Crippen molar-refractivity contribution >= 4 is 67.3 Å². The second kappa shape index (κ2) is 10.5. The van der Waals surface area contributed by atoms with Crippen LogP contribution < -0.4 is 5.32 Å². The predicted molar refractivity (Wildman–Crippen MR) is 131 cm³/mol. The Morgan fingerprint density at radius 1 is 1.22 bits per heavy atom. The summed E-state index contributed by atoms with van der Waals surface area (Å²) in [6, 6.07) is 5.51. The third-order valence-electron chi connectivity index (χ3n) is 5.18. The first-order valence-electron chi connectivity index (χ1n) is 10.4. The van der Waals surface area contributed by atoms with E-state index in [2.05, 4.69) is 5.32 Å². The van der Waals surface area contributed by atoms with Crippen LogP contribution in [0.15, 0.2) is 18.2 Å². The van der Waals surface area contributed by atoms with Crippen LogP contribution in [0.3, 0.4) is 0 Å². The predicted octanol–water partition coefficient (Wildman–Crippen LogP) is 5.30. The molecule has 4 rings (SSSR count). The highest BCUT2D eigenvalue weighted by atomic mass is 35.5. The van der Waals surface area contributed by atoms with Crippen LogP contribution in [-0.2, 0) is 45.5 Å². The topological polar surface area (TPSA) is 81.2 Å². The lowest BCUT2D eigenvalue weighted by Crippen LogP contribution is -2.16. The van der Waals surface area contributed by atoms with Crippen molar-refractivity contribution in [1.82, 2.24) is 9.97 Å². The van der Waals surface area contributed by atoms with E-state index in [-0.39, 0.29) is 18.1 Å². The van der Waals surface area contributed by atoms with Gasteiger partial charge in [-0.3, -0.25) is 9.00 Å². The molecule has 2 heterocycles. The van der Waals surface area contributed by atoms with Crippen molar-refractivity contribution in [1.29, 1.82) is 0 Å². The summed E-state index contributed by atoms with van der Waals surface area (Å²) in [4.78, 5) is 23.3. The molecule has 1 atom stereocenters. The molecule has 1 aromatic carbocycles. The average Bonchev–Trinajstić information content (AvgIpc) is 3.13. The van der Waals surface area contributed by atoms with Crippen molar-refractivity contribution < 1.29 is 13.7 Å². The smallest absolute Gasteiger partial charge is 0.318 e. The molecule has 0 radical (unpaired) electrons. The standard InChI is InChI=1S/C22H23Cl2N3O3S2/c1-2-30-19(28)12-32(29)11-18-26-21(25-10-13-7-8-15(23)16(24)9-13)20-14-5-3-4-6-17(14)31-22(20)27-18/h7-9H,2-6,10-12H2,1H3,(H,25,26,27). The van der Waals surface area contributed by atoms with Gasteiger partial charge in [-0.25, -0.2) is 9.97 Å². The monoisotopic (exact) mass is 511 g/mol. The largest absolute Gasteiger partial charge is 0.465 e. The van der Waals surface area contributed by atoms with Crippen LogP contribution >= 0.6 is 34.5 Å². The van der Waals surface area contributed by atoms with E-state index < -0.39 is 16.8 Å². The van der Waals surface area contributed by atoms with Crippen molar-refractivity contribution in [2.45, 2.75) is 44.9 Å². The molecule has 0 saturated heterocycles. The van der Waals surface area contributed by atoms with Gasteiger partial charge < -0.3 is 10.1 Å². The molecule has 6 nitrogen and oxygen atoms in total. The Balaban J connectivity index is 1.63. The lowest BCUT2D eigenvalue weighted by atomic mass is 9.97. The van der Waals surface area contributed by atoms with E-state index in [1.165, 1.54) is 16.9 Å². The molecular weight excluding hydrogens is 489 g/mol. The van der Waals surface area contributed by atoms with E-state index in [9.17, 15) is 9.00 Å². The Labute approximate surface area is 203 Å². The normalized spacial score (nSPS) is 14.2. The SMILES string of the molecule is CCOC(=O)CS(=O)Cc1nc(NCc2ccc(Cl)c(Cl)c2)c2c3c(sc2n1)CCCC3. The van der Waals surface area contributed by atoms with Gasteiger partial charge in [0, 0.05) is 22.2 Å². The number of anilines is 1. The molecule has 0 amide bonds. The van der Waals surface area contributed by atoms with E-state index >= 15 is 0 Å². The van der Waals surface area contributed by atoms with Crippen molar-refractivity contribution in [3.63, 3.8) is 0 Å². The summed E-state index contributed by atoms with van der Waals surface area (Å²) in [5.74, 6) is 0.636. The number of carbonyl (C=O) groups excluding carboxylic acids is 1. The minimum atomic E-state index is -1.44. The molecule has 0 aliphatic heterocycles. The number of carbonyl (C=O) groups is 1. The van der Waals surface area contributed by atoms with Crippen LogP contribution in [-0.4, -0.2) is 32.5 Å². The minimum absolute atomic E-state index is 0.0960. The molecule has 1 unspecified atom stereocenters. The van der Waals surface area contributed by atoms with Gasteiger partial charge in [0.25, 0.3) is 0 Å². The van der Waals surface area contributed by atoms with Gasteiger partial charge in [-0.15, -0.1) is 11.3 Å². The fourth-order valence-electron chi connectivity index (χ4n) is 3.76. The highest BCUT2D eigenvalue weighted by Crippen LogP contribution is 2.39. The first-order chi connectivity index (χ1) is 15.4. The van der Waals surface area contributed by atoms with Crippen LogP contribution in [0.2, 0.25) is 10.0 Å². The number of ether oxygens (including phenoxy) is 1. The summed E-state index contributed by atoms with van der Waals surface area (Å²) in [5.41, 5.74) is 2.29. The van der Waals surface area contributed by atoms with Crippen molar-refractivity contribution in [2.24, 2.45) is 0 Å². The summed E-state index contributed by atoms with van der Waals surface area (Å²) in [7, 11) is -1.44. The van der Waals surface area contributed by atoms with Crippen LogP contribution in [0, 0.1) is 0 Å². The van der Waals surface area contributed by atoms with Gasteiger partial charge in [-0.05, 0) is 55.9 Å². The maximum atomic E-state index is 12.5. The Morgan fingerprint density at radius 2 is 2.03 bits per heavy atom. The molecule has 32 heavy (non-hydrogen) atoms. The number of fused-ring (bicyclic) bond motifs is 3. The minimum Gasteiger partial charge on any atom is -0.465 e. The fourth-order valence-corrected chi connectivity index (χ4v) is 6.22. The van der Waals surface area contributed by atoms with E-state index in [0.29, 0.717) is 22.4 Å². The second-order valence-electron chi connectivity index (χ2n) is 7.52. The van der Waals surface area contributed by atoms with Gasteiger partial charge >= 0.3 is 5.97 Å². The van der Waals surface area contributed by atoms with Gasteiger partial charge in [0.1, 0.15) is 22.2 Å². The van der Waals surface area contributed by atoms with E-state index in [4.69, 9.17) is 37.9 Å². The summed E-state index contributed by atoms with van der Waals surface area (Å²) in [6.45, 7) is 2.50. The van der Waals surface area contributed by atoms with Crippen molar-refractivity contribution in [3.8, 4) is 0 Å². The quantitative estimate of drug-likeness (QED) is 0.413. The number of nitrogens with one attached hydrogen (secondary N) is 1. The zero-order valence-corrected chi connectivity index (χ0v) is 20.7. The lowest BCUT2D eigenvalue weighted by molar-refractivity contribution is -0.139. The lowest BCUT2D eigenvalue weighted by Gasteiger charge is -2.13. The number of halogens is 2. The molecule has 1 N–H and O–H groups in total. The molecule has 0 bridgehead atoms. The van der Waals surface area contributed by atoms with Crippen LogP contribution in [0.4, 0.5) is 5.82 Å². The highest BCUT2D eigenvalue weighted by molar-refractivity contribution is 7.84. The first kappa shape index (κ1) is 23.4. The fraction of sp³-hybridized carbons (Fsp3) is 0.409. The number of hydrogen-bond donors (Lipinski definition) is 1. The molecule has 3 aromatic rings. The summed E-state index contributed by atoms with van der Waals surface area (Å²) < 4.78 is 17.4.